The average molecular weight is 336 g/mol. The largest absolute Gasteiger partial charge is 0.453 e. The van der Waals surface area contributed by atoms with E-state index in [1.165, 1.54) is 6.07 Å². The summed E-state index contributed by atoms with van der Waals surface area (Å²) in [6.45, 7) is 1.94. The molecule has 0 saturated carbocycles. The van der Waals surface area contributed by atoms with E-state index in [9.17, 15) is 8.78 Å². The van der Waals surface area contributed by atoms with Crippen LogP contribution in [0.15, 0.2) is 65.1 Å². The molecule has 3 nitrogen and oxygen atoms in total. The van der Waals surface area contributed by atoms with Gasteiger partial charge in [-0.1, -0.05) is 30.3 Å². The van der Waals surface area contributed by atoms with E-state index < -0.39 is 11.6 Å². The van der Waals surface area contributed by atoms with Crippen molar-refractivity contribution in [3.8, 4) is 34.2 Å². The normalized spacial score (nSPS) is 11.0. The summed E-state index contributed by atoms with van der Waals surface area (Å²) in [6.07, 6.45) is 0. The lowest BCUT2D eigenvalue weighted by Crippen LogP contribution is -1.84. The van der Waals surface area contributed by atoms with Gasteiger partial charge in [0.1, 0.15) is 5.76 Å². The number of aromatic nitrogens is 2. The minimum Gasteiger partial charge on any atom is -0.453 e. The van der Waals surface area contributed by atoms with Gasteiger partial charge < -0.3 is 9.40 Å². The standard InChI is InChI=1S/C20H14F2N2O/c1-12-19(13-5-3-2-4-6-13)24-20(23-12)18-10-9-17(25-18)14-7-8-15(21)16(22)11-14/h2-11H,1H3,(H,23,24). The van der Waals surface area contributed by atoms with Crippen LogP contribution in [0.25, 0.3) is 34.2 Å². The highest BCUT2D eigenvalue weighted by Crippen LogP contribution is 2.30. The number of hydrogen-bond acceptors (Lipinski definition) is 2. The summed E-state index contributed by atoms with van der Waals surface area (Å²) in [5.74, 6) is -0.222. The van der Waals surface area contributed by atoms with Crippen LogP contribution in [0.3, 0.4) is 0 Å². The van der Waals surface area contributed by atoms with Gasteiger partial charge in [0, 0.05) is 16.8 Å². The Morgan fingerprint density at radius 1 is 0.840 bits per heavy atom. The SMILES string of the molecule is Cc1[nH]c(-c2ccc(-c3ccc(F)c(F)c3)o2)nc1-c1ccccc1. The monoisotopic (exact) mass is 336 g/mol. The number of H-pyrrole nitrogens is 1. The van der Waals surface area contributed by atoms with E-state index in [1.807, 2.05) is 37.3 Å². The van der Waals surface area contributed by atoms with Crippen molar-refractivity contribution in [2.45, 2.75) is 6.92 Å². The van der Waals surface area contributed by atoms with Crippen LogP contribution in [-0.2, 0) is 0 Å². The van der Waals surface area contributed by atoms with E-state index >= 15 is 0 Å². The first-order chi connectivity index (χ1) is 12.1. The number of nitrogens with one attached hydrogen (secondary N) is 1. The summed E-state index contributed by atoms with van der Waals surface area (Å²) >= 11 is 0. The zero-order valence-electron chi connectivity index (χ0n) is 13.4. The van der Waals surface area contributed by atoms with Crippen LogP contribution in [0.4, 0.5) is 8.78 Å². The molecule has 5 heteroatoms. The van der Waals surface area contributed by atoms with Crippen molar-refractivity contribution < 1.29 is 13.2 Å². The zero-order chi connectivity index (χ0) is 17.4. The fraction of sp³-hybridized carbons (Fsp3) is 0.0500. The van der Waals surface area contributed by atoms with Gasteiger partial charge in [0.25, 0.3) is 0 Å². The Bertz CT molecular complexity index is 1040. The van der Waals surface area contributed by atoms with E-state index in [4.69, 9.17) is 4.42 Å². The van der Waals surface area contributed by atoms with Crippen LogP contribution in [-0.4, -0.2) is 9.97 Å². The number of nitrogens with zero attached hydrogens (tertiary/aromatic N) is 1. The second-order valence-corrected chi connectivity index (χ2v) is 5.72. The Labute approximate surface area is 143 Å². The van der Waals surface area contributed by atoms with Gasteiger partial charge in [0.2, 0.25) is 0 Å². The van der Waals surface area contributed by atoms with E-state index in [1.54, 1.807) is 12.1 Å². The summed E-state index contributed by atoms with van der Waals surface area (Å²) in [5, 5.41) is 0. The van der Waals surface area contributed by atoms with Crippen molar-refractivity contribution in [3.05, 3.63) is 78.0 Å². The molecule has 0 spiro atoms. The van der Waals surface area contributed by atoms with E-state index in [0.29, 0.717) is 22.9 Å². The molecule has 0 atom stereocenters. The Kier molecular flexibility index (Phi) is 3.69. The average Bonchev–Trinajstić information content (AvgIpc) is 3.25. The molecule has 0 aliphatic carbocycles. The molecular weight excluding hydrogens is 322 g/mol. The molecule has 0 bridgehead atoms. The van der Waals surface area contributed by atoms with Gasteiger partial charge in [-0.3, -0.25) is 0 Å². The number of imidazole rings is 1. The summed E-state index contributed by atoms with van der Waals surface area (Å²) in [6, 6.07) is 17.0. The van der Waals surface area contributed by atoms with Crippen molar-refractivity contribution in [2.24, 2.45) is 0 Å². The molecule has 0 aliphatic heterocycles. The third-order valence-corrected chi connectivity index (χ3v) is 3.98. The molecule has 2 heterocycles. The van der Waals surface area contributed by atoms with Crippen LogP contribution in [0.1, 0.15) is 5.69 Å². The summed E-state index contributed by atoms with van der Waals surface area (Å²) in [7, 11) is 0. The molecule has 0 aliphatic rings. The molecule has 0 radical (unpaired) electrons. The summed E-state index contributed by atoms with van der Waals surface area (Å²) < 4.78 is 32.2. The second kappa shape index (κ2) is 6.02. The highest BCUT2D eigenvalue weighted by Gasteiger charge is 2.14. The third-order valence-electron chi connectivity index (χ3n) is 3.98. The lowest BCUT2D eigenvalue weighted by molar-refractivity contribution is 0.508. The maximum absolute atomic E-state index is 13.4. The molecule has 0 amide bonds. The fourth-order valence-electron chi connectivity index (χ4n) is 2.72. The van der Waals surface area contributed by atoms with Crippen LogP contribution in [0.5, 0.6) is 0 Å². The first-order valence-electron chi connectivity index (χ1n) is 7.79. The predicted octanol–water partition coefficient (Wildman–Crippen LogP) is 5.59. The molecule has 0 fully saturated rings. The Hall–Kier alpha value is -3.21. The minimum atomic E-state index is -0.907. The molecule has 124 valence electrons. The van der Waals surface area contributed by atoms with Gasteiger partial charge in [0.15, 0.2) is 23.2 Å². The smallest absolute Gasteiger partial charge is 0.174 e. The third kappa shape index (κ3) is 2.85. The van der Waals surface area contributed by atoms with Crippen molar-refractivity contribution in [3.63, 3.8) is 0 Å². The highest BCUT2D eigenvalue weighted by molar-refractivity contribution is 5.67. The number of rotatable bonds is 3. The number of furan rings is 1. The molecule has 2 aromatic carbocycles. The van der Waals surface area contributed by atoms with Gasteiger partial charge in [-0.05, 0) is 37.3 Å². The molecule has 1 N–H and O–H groups in total. The number of aromatic amines is 1. The number of halogens is 2. The molecular formula is C20H14F2N2O. The lowest BCUT2D eigenvalue weighted by Gasteiger charge is -1.98. The van der Waals surface area contributed by atoms with E-state index in [-0.39, 0.29) is 0 Å². The number of hydrogen-bond donors (Lipinski definition) is 1. The topological polar surface area (TPSA) is 41.8 Å². The van der Waals surface area contributed by atoms with Gasteiger partial charge in [-0.25, -0.2) is 13.8 Å². The van der Waals surface area contributed by atoms with E-state index in [0.717, 1.165) is 29.1 Å². The minimum absolute atomic E-state index is 0.448. The van der Waals surface area contributed by atoms with Gasteiger partial charge in [-0.2, -0.15) is 0 Å². The van der Waals surface area contributed by atoms with Gasteiger partial charge in [0.05, 0.1) is 5.69 Å². The van der Waals surface area contributed by atoms with Crippen molar-refractivity contribution in [2.75, 3.05) is 0 Å². The molecule has 0 saturated heterocycles. The summed E-state index contributed by atoms with van der Waals surface area (Å²) in [4.78, 5) is 7.81. The Morgan fingerprint density at radius 3 is 2.36 bits per heavy atom. The van der Waals surface area contributed by atoms with Crippen LogP contribution in [0.2, 0.25) is 0 Å². The molecule has 25 heavy (non-hydrogen) atoms. The van der Waals surface area contributed by atoms with Crippen LogP contribution >= 0.6 is 0 Å². The molecule has 4 aromatic rings. The fourth-order valence-corrected chi connectivity index (χ4v) is 2.72. The maximum atomic E-state index is 13.4. The maximum Gasteiger partial charge on any atom is 0.174 e. The summed E-state index contributed by atoms with van der Waals surface area (Å²) in [5.41, 5.74) is 3.25. The lowest BCUT2D eigenvalue weighted by atomic mass is 10.1. The van der Waals surface area contributed by atoms with E-state index in [2.05, 4.69) is 9.97 Å². The van der Waals surface area contributed by atoms with Crippen molar-refractivity contribution in [1.29, 1.82) is 0 Å². The predicted molar refractivity (Wildman–Crippen MR) is 91.8 cm³/mol. The van der Waals surface area contributed by atoms with Crippen LogP contribution < -0.4 is 0 Å². The molecule has 2 aromatic heterocycles. The van der Waals surface area contributed by atoms with Gasteiger partial charge in [-0.15, -0.1) is 0 Å². The second-order valence-electron chi connectivity index (χ2n) is 5.72. The Balaban J connectivity index is 1.70. The first-order valence-corrected chi connectivity index (χ1v) is 7.79. The van der Waals surface area contributed by atoms with Crippen LogP contribution in [0, 0.1) is 18.6 Å². The van der Waals surface area contributed by atoms with Gasteiger partial charge >= 0.3 is 0 Å². The Morgan fingerprint density at radius 2 is 1.60 bits per heavy atom. The zero-order valence-corrected chi connectivity index (χ0v) is 13.4. The molecule has 4 rings (SSSR count). The number of benzene rings is 2. The molecule has 0 unspecified atom stereocenters. The van der Waals surface area contributed by atoms with Crippen molar-refractivity contribution in [1.82, 2.24) is 9.97 Å². The van der Waals surface area contributed by atoms with Crippen molar-refractivity contribution >= 4 is 0 Å². The number of aryl methyl sites for hydroxylation is 1. The quantitative estimate of drug-likeness (QED) is 0.530. The highest BCUT2D eigenvalue weighted by atomic mass is 19.2. The first kappa shape index (κ1) is 15.3.